The summed E-state index contributed by atoms with van der Waals surface area (Å²) in [5.74, 6) is -2.27. The second-order valence-corrected chi connectivity index (χ2v) is 4.59. The highest BCUT2D eigenvalue weighted by atomic mass is 32.2. The Morgan fingerprint density at radius 3 is 2.41 bits per heavy atom. The summed E-state index contributed by atoms with van der Waals surface area (Å²) in [5.41, 5.74) is -1.07. The van der Waals surface area contributed by atoms with E-state index in [4.69, 9.17) is 0 Å². The van der Waals surface area contributed by atoms with E-state index in [-0.39, 0.29) is 0 Å². The molecule has 1 aromatic rings. The fraction of sp³-hybridized carbons (Fsp3) is 0.125. The number of carbonyl (C=O) groups excluding carboxylic acids is 1. The number of nitro groups is 1. The van der Waals surface area contributed by atoms with Crippen LogP contribution in [-0.2, 0) is 10.1 Å². The summed E-state index contributed by atoms with van der Waals surface area (Å²) >= 11 is 0. The predicted molar refractivity (Wildman–Crippen MR) is 52.9 cm³/mol. The number of carboxylic acid groups (broad SMARTS) is 1. The zero-order chi connectivity index (χ0) is 13.2. The van der Waals surface area contributed by atoms with Crippen molar-refractivity contribution in [1.29, 1.82) is 0 Å². The van der Waals surface area contributed by atoms with Gasteiger partial charge >= 0.3 is 15.8 Å². The quantitative estimate of drug-likeness (QED) is 0.397. The van der Waals surface area contributed by atoms with Gasteiger partial charge in [-0.2, -0.15) is 8.42 Å². The number of carboxylic acids is 1. The smallest absolute Gasteiger partial charge is 0.312 e. The normalized spacial score (nSPS) is 10.9. The van der Waals surface area contributed by atoms with E-state index in [2.05, 4.69) is 4.18 Å². The van der Waals surface area contributed by atoms with Crippen molar-refractivity contribution in [3.63, 3.8) is 0 Å². The van der Waals surface area contributed by atoms with E-state index in [1.54, 1.807) is 0 Å². The number of benzene rings is 1. The first-order valence-electron chi connectivity index (χ1n) is 4.10. The highest BCUT2D eigenvalue weighted by Gasteiger charge is 2.19. The third kappa shape index (κ3) is 3.41. The molecule has 0 N–H and O–H groups in total. The van der Waals surface area contributed by atoms with Gasteiger partial charge in [-0.25, -0.2) is 0 Å². The van der Waals surface area contributed by atoms with Crippen LogP contribution in [0.5, 0.6) is 5.75 Å². The molecule has 0 aliphatic heterocycles. The van der Waals surface area contributed by atoms with Gasteiger partial charge < -0.3 is 14.1 Å². The maximum absolute atomic E-state index is 10.8. The Hall–Kier alpha value is -2.16. The number of hydrogen-bond donors (Lipinski definition) is 0. The average molecular weight is 260 g/mol. The van der Waals surface area contributed by atoms with Crippen molar-refractivity contribution in [2.45, 2.75) is 0 Å². The lowest BCUT2D eigenvalue weighted by molar-refractivity contribution is -0.385. The average Bonchev–Trinajstić information content (AvgIpc) is 2.14. The number of hydrogen-bond acceptors (Lipinski definition) is 7. The topological polar surface area (TPSA) is 127 Å². The summed E-state index contributed by atoms with van der Waals surface area (Å²) < 4.78 is 26.0. The van der Waals surface area contributed by atoms with Crippen molar-refractivity contribution < 1.29 is 27.4 Å². The van der Waals surface area contributed by atoms with Gasteiger partial charge in [-0.1, -0.05) is 0 Å². The van der Waals surface area contributed by atoms with E-state index >= 15 is 0 Å². The van der Waals surface area contributed by atoms with Crippen LogP contribution < -0.4 is 9.29 Å². The molecule has 0 unspecified atom stereocenters. The van der Waals surface area contributed by atoms with Gasteiger partial charge in [0.2, 0.25) is 5.75 Å². The van der Waals surface area contributed by atoms with E-state index in [0.717, 1.165) is 12.1 Å². The van der Waals surface area contributed by atoms with Crippen LogP contribution in [0.2, 0.25) is 0 Å². The molecule has 0 amide bonds. The second kappa shape index (κ2) is 4.37. The number of carbonyl (C=O) groups is 1. The molecule has 1 aromatic carbocycles. The lowest BCUT2D eigenvalue weighted by Crippen LogP contribution is -2.22. The molecule has 0 aliphatic rings. The monoisotopic (exact) mass is 260 g/mol. The van der Waals surface area contributed by atoms with Gasteiger partial charge in [-0.3, -0.25) is 10.1 Å². The lowest BCUT2D eigenvalue weighted by atomic mass is 10.2. The Morgan fingerprint density at radius 2 is 2.00 bits per heavy atom. The first kappa shape index (κ1) is 12.9. The van der Waals surface area contributed by atoms with Gasteiger partial charge in [0.15, 0.2) is 0 Å². The number of aromatic carboxylic acids is 1. The summed E-state index contributed by atoms with van der Waals surface area (Å²) in [5, 5.41) is 21.1. The molecule has 0 aliphatic carbocycles. The molecule has 0 aromatic heterocycles. The van der Waals surface area contributed by atoms with Gasteiger partial charge in [0, 0.05) is 11.6 Å². The van der Waals surface area contributed by atoms with Crippen molar-refractivity contribution in [2.24, 2.45) is 0 Å². The Bertz CT molecular complexity index is 578. The fourth-order valence-corrected chi connectivity index (χ4v) is 1.48. The standard InChI is InChI=1S/C8H7NO7S/c1-17(14,15)16-7-4-5(8(10)11)2-3-6(7)9(12)13/h2-4H,1H3,(H,10,11)/p-1. The molecule has 0 saturated carbocycles. The molecule has 92 valence electrons. The molecular weight excluding hydrogens is 254 g/mol. The largest absolute Gasteiger partial charge is 0.545 e. The molecule has 0 heterocycles. The van der Waals surface area contributed by atoms with E-state index in [9.17, 15) is 28.4 Å². The highest BCUT2D eigenvalue weighted by Crippen LogP contribution is 2.28. The Labute approximate surface area is 95.7 Å². The van der Waals surface area contributed by atoms with Gasteiger partial charge in [0.05, 0.1) is 17.1 Å². The van der Waals surface area contributed by atoms with Crippen molar-refractivity contribution in [3.8, 4) is 5.75 Å². The summed E-state index contributed by atoms with van der Waals surface area (Å²) in [4.78, 5) is 20.2. The predicted octanol–water partition coefficient (Wildman–Crippen LogP) is -0.703. The van der Waals surface area contributed by atoms with Crippen LogP contribution in [0, 0.1) is 10.1 Å². The van der Waals surface area contributed by atoms with Gasteiger partial charge in [0.1, 0.15) is 0 Å². The first-order valence-corrected chi connectivity index (χ1v) is 5.91. The molecule has 17 heavy (non-hydrogen) atoms. The maximum atomic E-state index is 10.8. The minimum absolute atomic E-state index is 0.422. The Morgan fingerprint density at radius 1 is 1.41 bits per heavy atom. The number of nitro benzene ring substituents is 1. The summed E-state index contributed by atoms with van der Waals surface area (Å²) in [6.45, 7) is 0. The summed E-state index contributed by atoms with van der Waals surface area (Å²) in [7, 11) is -3.99. The fourth-order valence-electron chi connectivity index (χ4n) is 1.02. The molecule has 1 rings (SSSR count). The molecule has 8 nitrogen and oxygen atoms in total. The van der Waals surface area contributed by atoms with E-state index in [0.29, 0.717) is 12.3 Å². The van der Waals surface area contributed by atoms with Crippen LogP contribution in [0.25, 0.3) is 0 Å². The van der Waals surface area contributed by atoms with Crippen molar-refractivity contribution in [3.05, 3.63) is 33.9 Å². The maximum Gasteiger partial charge on any atom is 0.312 e. The third-order valence-corrected chi connectivity index (χ3v) is 2.12. The van der Waals surface area contributed by atoms with Gasteiger partial charge in [-0.15, -0.1) is 0 Å². The minimum Gasteiger partial charge on any atom is -0.545 e. The van der Waals surface area contributed by atoms with Crippen LogP contribution >= 0.6 is 0 Å². The summed E-state index contributed by atoms with van der Waals surface area (Å²) in [6, 6.07) is 2.46. The van der Waals surface area contributed by atoms with Crippen LogP contribution in [0.4, 0.5) is 5.69 Å². The number of nitrogens with zero attached hydrogens (tertiary/aromatic N) is 1. The van der Waals surface area contributed by atoms with Crippen molar-refractivity contribution >= 4 is 21.8 Å². The lowest BCUT2D eigenvalue weighted by Gasteiger charge is -2.07. The molecule has 9 heteroatoms. The van der Waals surface area contributed by atoms with E-state index in [1.807, 2.05) is 0 Å². The van der Waals surface area contributed by atoms with E-state index < -0.39 is 38.0 Å². The van der Waals surface area contributed by atoms with E-state index in [1.165, 1.54) is 0 Å². The van der Waals surface area contributed by atoms with Gasteiger partial charge in [0.25, 0.3) is 0 Å². The zero-order valence-electron chi connectivity index (χ0n) is 8.45. The Balaban J connectivity index is 3.35. The van der Waals surface area contributed by atoms with Crippen molar-refractivity contribution in [2.75, 3.05) is 6.26 Å². The zero-order valence-corrected chi connectivity index (χ0v) is 9.26. The highest BCUT2D eigenvalue weighted by molar-refractivity contribution is 7.86. The number of rotatable bonds is 4. The molecule has 0 fully saturated rings. The van der Waals surface area contributed by atoms with Crippen LogP contribution in [-0.4, -0.2) is 25.6 Å². The molecule has 0 saturated heterocycles. The van der Waals surface area contributed by atoms with Crippen molar-refractivity contribution in [1.82, 2.24) is 0 Å². The summed E-state index contributed by atoms with van der Waals surface area (Å²) in [6.07, 6.45) is 0.683. The van der Waals surface area contributed by atoms with Crippen LogP contribution in [0.15, 0.2) is 18.2 Å². The molecule has 0 atom stereocenters. The SMILES string of the molecule is CS(=O)(=O)Oc1cc(C(=O)[O-])ccc1[N+](=O)[O-]. The van der Waals surface area contributed by atoms with Crippen LogP contribution in [0.1, 0.15) is 10.4 Å². The second-order valence-electron chi connectivity index (χ2n) is 3.01. The third-order valence-electron chi connectivity index (χ3n) is 1.63. The first-order chi connectivity index (χ1) is 7.70. The van der Waals surface area contributed by atoms with Gasteiger partial charge in [-0.05, 0) is 12.1 Å². The van der Waals surface area contributed by atoms with Crippen LogP contribution in [0.3, 0.4) is 0 Å². The molecule has 0 bridgehead atoms. The minimum atomic E-state index is -3.99. The molecular formula is C8H6NO7S-. The molecule has 0 radical (unpaired) electrons. The Kier molecular flexibility index (Phi) is 3.32. The molecule has 0 spiro atoms.